The lowest BCUT2D eigenvalue weighted by Crippen LogP contribution is -2.10. The lowest BCUT2D eigenvalue weighted by Gasteiger charge is -2.04. The molecule has 0 aliphatic carbocycles. The monoisotopic (exact) mass is 509 g/mol. The standard InChI is InChI=1S/C23H16BrN3O4S/c24-16-6-12-20(13-7-16)32(29,30)22-15-14-21(31-22)23(28)25-17-8-10-19(11-9-17)27-26-18-4-2-1-3-5-18/h1-15H,(H,25,28). The van der Waals surface area contributed by atoms with Crippen molar-refractivity contribution in [2.24, 2.45) is 10.2 Å². The number of nitrogens with one attached hydrogen (secondary N) is 1. The Hall–Kier alpha value is -3.56. The van der Waals surface area contributed by atoms with E-state index in [9.17, 15) is 13.2 Å². The number of anilines is 1. The predicted molar refractivity (Wildman–Crippen MR) is 123 cm³/mol. The lowest BCUT2D eigenvalue weighted by molar-refractivity contribution is 0.0991. The van der Waals surface area contributed by atoms with Crippen molar-refractivity contribution in [3.63, 3.8) is 0 Å². The van der Waals surface area contributed by atoms with Crippen LogP contribution in [0, 0.1) is 0 Å². The minimum atomic E-state index is -3.87. The Labute approximate surface area is 192 Å². The summed E-state index contributed by atoms with van der Waals surface area (Å²) in [5, 5.41) is 10.6. The smallest absolute Gasteiger partial charge is 0.291 e. The van der Waals surface area contributed by atoms with Crippen molar-refractivity contribution in [3.8, 4) is 0 Å². The number of rotatable bonds is 6. The van der Waals surface area contributed by atoms with E-state index < -0.39 is 15.7 Å². The molecule has 0 atom stereocenters. The highest BCUT2D eigenvalue weighted by Crippen LogP contribution is 2.25. The van der Waals surface area contributed by atoms with Gasteiger partial charge in [-0.25, -0.2) is 8.42 Å². The summed E-state index contributed by atoms with van der Waals surface area (Å²) in [6, 6.07) is 24.8. The highest BCUT2D eigenvalue weighted by molar-refractivity contribution is 9.10. The predicted octanol–water partition coefficient (Wildman–Crippen LogP) is 6.54. The van der Waals surface area contributed by atoms with E-state index in [4.69, 9.17) is 4.42 Å². The van der Waals surface area contributed by atoms with Crippen LogP contribution in [0.25, 0.3) is 0 Å². The first kappa shape index (κ1) is 21.7. The quantitative estimate of drug-likeness (QED) is 0.298. The summed E-state index contributed by atoms with van der Waals surface area (Å²) in [6.45, 7) is 0. The second-order valence-electron chi connectivity index (χ2n) is 6.61. The summed E-state index contributed by atoms with van der Waals surface area (Å²) >= 11 is 3.26. The van der Waals surface area contributed by atoms with Gasteiger partial charge in [0.05, 0.1) is 16.3 Å². The molecule has 0 bridgehead atoms. The summed E-state index contributed by atoms with van der Waals surface area (Å²) in [5.41, 5.74) is 1.85. The molecule has 1 N–H and O–H groups in total. The number of nitrogens with zero attached hydrogens (tertiary/aromatic N) is 2. The maximum absolute atomic E-state index is 12.7. The third kappa shape index (κ3) is 5.01. The molecule has 0 saturated carbocycles. The zero-order chi connectivity index (χ0) is 22.6. The zero-order valence-electron chi connectivity index (χ0n) is 16.5. The van der Waals surface area contributed by atoms with Crippen molar-refractivity contribution in [3.05, 3.63) is 101 Å². The van der Waals surface area contributed by atoms with Crippen molar-refractivity contribution in [2.75, 3.05) is 5.32 Å². The van der Waals surface area contributed by atoms with E-state index in [-0.39, 0.29) is 15.7 Å². The van der Waals surface area contributed by atoms with Crippen LogP contribution in [0.3, 0.4) is 0 Å². The van der Waals surface area contributed by atoms with Gasteiger partial charge in [-0.1, -0.05) is 34.1 Å². The van der Waals surface area contributed by atoms with Gasteiger partial charge in [0.1, 0.15) is 0 Å². The Balaban J connectivity index is 1.44. The van der Waals surface area contributed by atoms with Crippen LogP contribution in [0.4, 0.5) is 17.1 Å². The number of carbonyl (C=O) groups is 1. The van der Waals surface area contributed by atoms with E-state index in [1.807, 2.05) is 30.3 Å². The van der Waals surface area contributed by atoms with E-state index in [0.717, 1.165) is 10.2 Å². The van der Waals surface area contributed by atoms with Crippen LogP contribution >= 0.6 is 15.9 Å². The van der Waals surface area contributed by atoms with Gasteiger partial charge in [0.25, 0.3) is 5.91 Å². The van der Waals surface area contributed by atoms with Crippen molar-refractivity contribution in [1.29, 1.82) is 0 Å². The number of amides is 1. The normalized spacial score (nSPS) is 11.5. The van der Waals surface area contributed by atoms with Crippen molar-refractivity contribution in [1.82, 2.24) is 0 Å². The Bertz CT molecular complexity index is 1370. The molecule has 0 aliphatic heterocycles. The lowest BCUT2D eigenvalue weighted by atomic mass is 10.3. The maximum atomic E-state index is 12.7. The average molecular weight is 510 g/mol. The molecule has 1 amide bonds. The molecule has 32 heavy (non-hydrogen) atoms. The van der Waals surface area contributed by atoms with Crippen molar-refractivity contribution in [2.45, 2.75) is 9.99 Å². The fraction of sp³-hybridized carbons (Fsp3) is 0. The van der Waals surface area contributed by atoms with Gasteiger partial charge in [-0.2, -0.15) is 10.2 Å². The number of furan rings is 1. The summed E-state index contributed by atoms with van der Waals surface area (Å²) < 4.78 is 31.4. The molecule has 0 fully saturated rings. The molecule has 1 heterocycles. The first-order valence-corrected chi connectivity index (χ1v) is 11.7. The second kappa shape index (κ2) is 9.29. The summed E-state index contributed by atoms with van der Waals surface area (Å²) in [4.78, 5) is 12.6. The van der Waals surface area contributed by atoms with Crippen molar-refractivity contribution >= 4 is 48.7 Å². The summed E-state index contributed by atoms with van der Waals surface area (Å²) in [6.07, 6.45) is 0. The Morgan fingerprint density at radius 3 is 2.06 bits per heavy atom. The van der Waals surface area contributed by atoms with Gasteiger partial charge in [-0.15, -0.1) is 0 Å². The van der Waals surface area contributed by atoms with Gasteiger partial charge in [0.2, 0.25) is 14.9 Å². The highest BCUT2D eigenvalue weighted by Gasteiger charge is 2.23. The van der Waals surface area contributed by atoms with E-state index >= 15 is 0 Å². The average Bonchev–Trinajstić information content (AvgIpc) is 3.31. The van der Waals surface area contributed by atoms with E-state index in [2.05, 4.69) is 31.5 Å². The molecule has 7 nitrogen and oxygen atoms in total. The number of hydrogen-bond acceptors (Lipinski definition) is 6. The van der Waals surface area contributed by atoms with E-state index in [1.54, 1.807) is 36.4 Å². The fourth-order valence-electron chi connectivity index (χ4n) is 2.73. The van der Waals surface area contributed by atoms with E-state index in [1.165, 1.54) is 24.3 Å². The molecule has 0 saturated heterocycles. The Morgan fingerprint density at radius 2 is 1.41 bits per heavy atom. The number of benzene rings is 3. The largest absolute Gasteiger partial charge is 0.439 e. The molecule has 0 unspecified atom stereocenters. The van der Waals surface area contributed by atoms with Crippen molar-refractivity contribution < 1.29 is 17.6 Å². The summed E-state index contributed by atoms with van der Waals surface area (Å²) in [7, 11) is -3.87. The van der Waals surface area contributed by atoms with Gasteiger partial charge in [0, 0.05) is 10.2 Å². The molecule has 0 spiro atoms. The van der Waals surface area contributed by atoms with E-state index in [0.29, 0.717) is 11.4 Å². The van der Waals surface area contributed by atoms with Gasteiger partial charge < -0.3 is 9.73 Å². The highest BCUT2D eigenvalue weighted by atomic mass is 79.9. The van der Waals surface area contributed by atoms with Crippen LogP contribution in [0.5, 0.6) is 0 Å². The SMILES string of the molecule is O=C(Nc1ccc(N=Nc2ccccc2)cc1)c1ccc(S(=O)(=O)c2ccc(Br)cc2)o1. The van der Waals surface area contributed by atoms with Gasteiger partial charge >= 0.3 is 0 Å². The van der Waals surface area contributed by atoms with Gasteiger partial charge in [-0.05, 0) is 72.8 Å². The van der Waals surface area contributed by atoms with Gasteiger partial charge in [0.15, 0.2) is 5.76 Å². The molecular formula is C23H16BrN3O4S. The number of sulfone groups is 1. The molecule has 9 heteroatoms. The molecule has 160 valence electrons. The molecule has 4 rings (SSSR count). The van der Waals surface area contributed by atoms with Crippen LogP contribution in [0.1, 0.15) is 10.6 Å². The Morgan fingerprint density at radius 1 is 0.781 bits per heavy atom. The van der Waals surface area contributed by atoms with Gasteiger partial charge in [-0.3, -0.25) is 4.79 Å². The third-order valence-corrected chi connectivity index (χ3v) is 6.53. The van der Waals surface area contributed by atoms with Crippen LogP contribution in [-0.4, -0.2) is 14.3 Å². The number of carbonyl (C=O) groups excluding carboxylic acids is 1. The first-order chi connectivity index (χ1) is 15.4. The molecule has 0 radical (unpaired) electrons. The minimum absolute atomic E-state index is 0.0715. The third-order valence-electron chi connectivity index (χ3n) is 4.36. The van der Waals surface area contributed by atoms with Crippen LogP contribution in [0.15, 0.2) is 120 Å². The second-order valence-corrected chi connectivity index (χ2v) is 9.41. The maximum Gasteiger partial charge on any atom is 0.291 e. The minimum Gasteiger partial charge on any atom is -0.439 e. The first-order valence-electron chi connectivity index (χ1n) is 9.40. The molecule has 3 aromatic carbocycles. The molecular weight excluding hydrogens is 494 g/mol. The summed E-state index contributed by atoms with van der Waals surface area (Å²) in [5.74, 6) is -0.686. The molecule has 4 aromatic rings. The number of halogens is 1. The Kier molecular flexibility index (Phi) is 6.29. The van der Waals surface area contributed by atoms with Crippen LogP contribution < -0.4 is 5.32 Å². The van der Waals surface area contributed by atoms with Crippen LogP contribution in [0.2, 0.25) is 0 Å². The number of hydrogen-bond donors (Lipinski definition) is 1. The molecule has 1 aromatic heterocycles. The fourth-order valence-corrected chi connectivity index (χ4v) is 4.17. The molecule has 0 aliphatic rings. The topological polar surface area (TPSA) is 101 Å². The van der Waals surface area contributed by atoms with Crippen LogP contribution in [-0.2, 0) is 9.84 Å². The zero-order valence-corrected chi connectivity index (χ0v) is 18.9. The number of azo groups is 1.